The molecule has 38 heavy (non-hydrogen) atoms. The summed E-state index contributed by atoms with van der Waals surface area (Å²) < 4.78 is 10.9. The zero-order chi connectivity index (χ0) is 26.5. The van der Waals surface area contributed by atoms with Gasteiger partial charge >= 0.3 is 0 Å². The Kier molecular flexibility index (Phi) is 12.2. The minimum absolute atomic E-state index is 0.0437. The maximum Gasteiger partial charge on any atom is 0.193 e. The standard InChI is InChI=1S/C26H28O2S10/c1-3-5-7-9-13-29-19-20(30-14-10-8-6-4-2)34-23(33-19)24-37-25-26(38-24)36-22(35-25)21-31-17-15(27)11-12-16(28)18(17)32-21/h11-12H,3-10,13-14H2,1-2H3. The summed E-state index contributed by atoms with van der Waals surface area (Å²) >= 11 is 18.5. The lowest BCUT2D eigenvalue weighted by Gasteiger charge is -2.07. The molecule has 0 aromatic heterocycles. The Morgan fingerprint density at radius 3 is 1.26 bits per heavy atom. The number of hydrogen-bond acceptors (Lipinski definition) is 12. The van der Waals surface area contributed by atoms with Crippen molar-refractivity contribution in [1.29, 1.82) is 0 Å². The fourth-order valence-corrected chi connectivity index (χ4v) is 19.1. The summed E-state index contributed by atoms with van der Waals surface area (Å²) in [4.78, 5) is 25.7. The van der Waals surface area contributed by atoms with Crippen LogP contribution in [0.2, 0.25) is 0 Å². The van der Waals surface area contributed by atoms with E-state index in [0.717, 1.165) is 4.24 Å². The summed E-state index contributed by atoms with van der Waals surface area (Å²) in [5, 5.41) is 0. The lowest BCUT2D eigenvalue weighted by Crippen LogP contribution is -2.07. The summed E-state index contributed by atoms with van der Waals surface area (Å²) in [6.07, 6.45) is 13.3. The lowest BCUT2D eigenvalue weighted by atomic mass is 10.2. The van der Waals surface area contributed by atoms with Gasteiger partial charge in [-0.3, -0.25) is 9.59 Å². The van der Waals surface area contributed by atoms with E-state index >= 15 is 0 Å². The number of unbranched alkanes of at least 4 members (excludes halogenated alkanes) is 6. The Bertz CT molecular complexity index is 1110. The van der Waals surface area contributed by atoms with Crippen molar-refractivity contribution in [2.75, 3.05) is 11.5 Å². The third-order valence-electron chi connectivity index (χ3n) is 5.67. The number of hydrogen-bond donors (Lipinski definition) is 0. The summed E-state index contributed by atoms with van der Waals surface area (Å²) in [5.41, 5.74) is 0. The first kappa shape index (κ1) is 30.7. The van der Waals surface area contributed by atoms with Gasteiger partial charge in [-0.2, -0.15) is 0 Å². The van der Waals surface area contributed by atoms with Crippen LogP contribution in [0.4, 0.5) is 0 Å². The molecule has 5 rings (SSSR count). The molecule has 2 nitrogen and oxygen atoms in total. The molecular weight excluding hydrogens is 665 g/mol. The maximum absolute atomic E-state index is 12.2. The molecule has 0 radical (unpaired) electrons. The minimum Gasteiger partial charge on any atom is -0.289 e. The largest absolute Gasteiger partial charge is 0.289 e. The summed E-state index contributed by atoms with van der Waals surface area (Å²) in [6, 6.07) is 0. The topological polar surface area (TPSA) is 34.1 Å². The molecule has 0 aromatic rings. The van der Waals surface area contributed by atoms with Crippen molar-refractivity contribution in [2.24, 2.45) is 0 Å². The molecule has 0 spiro atoms. The average Bonchev–Trinajstić information content (AvgIpc) is 3.68. The van der Waals surface area contributed by atoms with Gasteiger partial charge < -0.3 is 0 Å². The average molecular weight is 693 g/mol. The van der Waals surface area contributed by atoms with Crippen LogP contribution in [0.3, 0.4) is 0 Å². The molecule has 0 N–H and O–H groups in total. The Morgan fingerprint density at radius 1 is 0.500 bits per heavy atom. The molecule has 0 unspecified atom stereocenters. The van der Waals surface area contributed by atoms with Crippen molar-refractivity contribution in [3.05, 3.63) is 55.9 Å². The van der Waals surface area contributed by atoms with Gasteiger partial charge in [0.15, 0.2) is 11.6 Å². The first-order valence-corrected chi connectivity index (χ1v) is 21.2. The Balaban J connectivity index is 1.18. The van der Waals surface area contributed by atoms with Crippen LogP contribution in [0.5, 0.6) is 0 Å². The molecule has 0 bridgehead atoms. The van der Waals surface area contributed by atoms with Gasteiger partial charge in [0.2, 0.25) is 0 Å². The van der Waals surface area contributed by atoms with Gasteiger partial charge in [-0.25, -0.2) is 0 Å². The molecule has 0 saturated heterocycles. The number of carbonyl (C=O) groups excluding carboxylic acids is 2. The highest BCUT2D eigenvalue weighted by Gasteiger charge is 2.39. The number of carbonyl (C=O) groups is 2. The molecule has 5 aliphatic rings. The molecule has 12 heteroatoms. The van der Waals surface area contributed by atoms with E-state index in [1.165, 1.54) is 128 Å². The van der Waals surface area contributed by atoms with E-state index in [0.29, 0.717) is 9.81 Å². The molecular formula is C26H28O2S10. The fraction of sp³-hybridized carbons (Fsp3) is 0.462. The highest BCUT2D eigenvalue weighted by Crippen LogP contribution is 2.72. The molecule has 4 aliphatic heterocycles. The third-order valence-corrected chi connectivity index (χ3v) is 20.7. The van der Waals surface area contributed by atoms with E-state index in [1.807, 2.05) is 70.6 Å². The van der Waals surface area contributed by atoms with Gasteiger partial charge in [0.05, 0.1) is 43.7 Å². The molecule has 0 fully saturated rings. The predicted octanol–water partition coefficient (Wildman–Crippen LogP) is 12.0. The maximum atomic E-state index is 12.2. The van der Waals surface area contributed by atoms with Crippen LogP contribution in [0.25, 0.3) is 0 Å². The molecule has 0 atom stereocenters. The molecule has 0 aromatic carbocycles. The predicted molar refractivity (Wildman–Crippen MR) is 188 cm³/mol. The molecule has 4 heterocycles. The van der Waals surface area contributed by atoms with Crippen LogP contribution >= 0.6 is 118 Å². The Morgan fingerprint density at radius 2 is 0.868 bits per heavy atom. The quantitative estimate of drug-likeness (QED) is 0.144. The first-order valence-electron chi connectivity index (χ1n) is 12.7. The Hall–Kier alpha value is 1.28. The van der Waals surface area contributed by atoms with Gasteiger partial charge in [0.25, 0.3) is 0 Å². The SMILES string of the molecule is CCCCCCSC1=C(SCCCCCC)SC(=C2SC3=C(S2)SC(=C2SC4=C(S2)C(=O)C=CC4=O)S3)S1. The number of thioether (sulfide) groups is 10. The molecule has 0 saturated carbocycles. The minimum atomic E-state index is -0.0437. The van der Waals surface area contributed by atoms with Crippen LogP contribution in [-0.2, 0) is 9.59 Å². The van der Waals surface area contributed by atoms with Gasteiger partial charge in [-0.1, -0.05) is 146 Å². The number of ketones is 2. The third kappa shape index (κ3) is 7.61. The monoisotopic (exact) mass is 692 g/mol. The van der Waals surface area contributed by atoms with Crippen LogP contribution < -0.4 is 0 Å². The van der Waals surface area contributed by atoms with Crippen LogP contribution in [0.1, 0.15) is 65.2 Å². The van der Waals surface area contributed by atoms with E-state index in [1.54, 1.807) is 0 Å². The van der Waals surface area contributed by atoms with E-state index in [-0.39, 0.29) is 11.6 Å². The van der Waals surface area contributed by atoms with Gasteiger partial charge in [-0.05, 0) is 36.5 Å². The van der Waals surface area contributed by atoms with E-state index in [2.05, 4.69) is 37.4 Å². The second-order valence-electron chi connectivity index (χ2n) is 8.65. The van der Waals surface area contributed by atoms with Crippen molar-refractivity contribution in [3.8, 4) is 0 Å². The van der Waals surface area contributed by atoms with E-state index in [4.69, 9.17) is 0 Å². The normalized spacial score (nSPS) is 21.3. The van der Waals surface area contributed by atoms with Gasteiger partial charge in [0, 0.05) is 0 Å². The van der Waals surface area contributed by atoms with Crippen molar-refractivity contribution < 1.29 is 9.59 Å². The molecule has 1 aliphatic carbocycles. The van der Waals surface area contributed by atoms with Crippen molar-refractivity contribution in [1.82, 2.24) is 0 Å². The van der Waals surface area contributed by atoms with E-state index in [9.17, 15) is 9.59 Å². The first-order chi connectivity index (χ1) is 18.6. The fourth-order valence-electron chi connectivity index (χ4n) is 3.68. The smallest absolute Gasteiger partial charge is 0.193 e. The lowest BCUT2D eigenvalue weighted by molar-refractivity contribution is -0.114. The van der Waals surface area contributed by atoms with Crippen LogP contribution in [-0.4, -0.2) is 23.1 Å². The number of rotatable bonds is 12. The summed E-state index contributed by atoms with van der Waals surface area (Å²) in [5.74, 6) is 2.35. The van der Waals surface area contributed by atoms with E-state index < -0.39 is 0 Å². The highest BCUT2D eigenvalue weighted by molar-refractivity contribution is 8.50. The number of allylic oxidation sites excluding steroid dienone is 4. The van der Waals surface area contributed by atoms with Crippen molar-refractivity contribution in [3.63, 3.8) is 0 Å². The molecule has 0 amide bonds. The highest BCUT2D eigenvalue weighted by atomic mass is 32.3. The van der Waals surface area contributed by atoms with Crippen LogP contribution in [0.15, 0.2) is 55.9 Å². The van der Waals surface area contributed by atoms with Gasteiger partial charge in [0.1, 0.15) is 0 Å². The zero-order valence-electron chi connectivity index (χ0n) is 21.1. The van der Waals surface area contributed by atoms with Crippen LogP contribution in [0, 0.1) is 0 Å². The summed E-state index contributed by atoms with van der Waals surface area (Å²) in [7, 11) is 0. The van der Waals surface area contributed by atoms with Crippen molar-refractivity contribution >= 4 is 129 Å². The Labute approximate surface area is 268 Å². The summed E-state index contributed by atoms with van der Waals surface area (Å²) in [6.45, 7) is 4.55. The second kappa shape index (κ2) is 15.1. The second-order valence-corrected chi connectivity index (χ2v) is 21.1. The van der Waals surface area contributed by atoms with Crippen molar-refractivity contribution in [2.45, 2.75) is 65.2 Å². The zero-order valence-corrected chi connectivity index (χ0v) is 29.3. The molecule has 204 valence electrons. The van der Waals surface area contributed by atoms with Gasteiger partial charge in [-0.15, -0.1) is 23.5 Å².